The molecule has 112 valence electrons. The third-order valence-electron chi connectivity index (χ3n) is 3.21. The van der Waals surface area contributed by atoms with Gasteiger partial charge in [-0.15, -0.1) is 0 Å². The van der Waals surface area contributed by atoms with Gasteiger partial charge in [-0.2, -0.15) is 0 Å². The highest BCUT2D eigenvalue weighted by Crippen LogP contribution is 2.15. The van der Waals surface area contributed by atoms with Gasteiger partial charge in [0, 0.05) is 12.1 Å². The Bertz CT molecular complexity index is 308. The van der Waals surface area contributed by atoms with Gasteiger partial charge in [0.25, 0.3) is 0 Å². The number of carbonyl (C=O) groups is 2. The minimum absolute atomic E-state index is 0.00269. The predicted molar refractivity (Wildman–Crippen MR) is 74.5 cm³/mol. The van der Waals surface area contributed by atoms with Crippen LogP contribution in [0.1, 0.15) is 47.0 Å². The molecular formula is C13H27N3O3. The van der Waals surface area contributed by atoms with Crippen LogP contribution >= 0.6 is 0 Å². The van der Waals surface area contributed by atoms with Crippen LogP contribution in [-0.2, 0) is 4.79 Å². The van der Waals surface area contributed by atoms with E-state index >= 15 is 0 Å². The van der Waals surface area contributed by atoms with Gasteiger partial charge in [0.05, 0.1) is 0 Å². The van der Waals surface area contributed by atoms with Crippen molar-refractivity contribution in [1.82, 2.24) is 10.6 Å². The number of rotatable bonds is 8. The van der Waals surface area contributed by atoms with Crippen molar-refractivity contribution in [3.05, 3.63) is 0 Å². The molecule has 19 heavy (non-hydrogen) atoms. The number of aliphatic hydroxyl groups excluding tert-OH is 1. The van der Waals surface area contributed by atoms with Crippen LogP contribution < -0.4 is 16.4 Å². The van der Waals surface area contributed by atoms with Crippen molar-refractivity contribution in [2.75, 3.05) is 6.61 Å². The second kappa shape index (κ2) is 7.99. The molecule has 0 bridgehead atoms. The topological polar surface area (TPSA) is 104 Å². The summed E-state index contributed by atoms with van der Waals surface area (Å²) in [5, 5.41) is 14.4. The van der Waals surface area contributed by atoms with Crippen LogP contribution in [0.4, 0.5) is 4.79 Å². The first kappa shape index (κ1) is 17.7. The molecule has 0 aliphatic carbocycles. The standard InChI is InChI=1S/C13H27N3O3/c1-5-13(4,6-7-17)16-11(18)10(8-9(2)3)15-12(14)19/h9-10,17H,5-8H2,1-4H3,(H,16,18)(H3,14,15,19). The molecule has 0 saturated heterocycles. The van der Waals surface area contributed by atoms with Crippen molar-refractivity contribution in [3.63, 3.8) is 0 Å². The number of aliphatic hydroxyl groups is 1. The number of nitrogens with one attached hydrogen (secondary N) is 2. The van der Waals surface area contributed by atoms with Gasteiger partial charge in [0.15, 0.2) is 0 Å². The lowest BCUT2D eigenvalue weighted by molar-refractivity contribution is -0.125. The van der Waals surface area contributed by atoms with Crippen LogP contribution in [0.5, 0.6) is 0 Å². The highest BCUT2D eigenvalue weighted by atomic mass is 16.3. The summed E-state index contributed by atoms with van der Waals surface area (Å²) >= 11 is 0. The number of carbonyl (C=O) groups excluding carboxylic acids is 2. The Morgan fingerprint density at radius 2 is 1.95 bits per heavy atom. The average molecular weight is 273 g/mol. The molecule has 0 rings (SSSR count). The fourth-order valence-electron chi connectivity index (χ4n) is 1.83. The van der Waals surface area contributed by atoms with Crippen molar-refractivity contribution >= 4 is 11.9 Å². The van der Waals surface area contributed by atoms with Gasteiger partial charge in [-0.3, -0.25) is 4.79 Å². The smallest absolute Gasteiger partial charge is 0.312 e. The van der Waals surface area contributed by atoms with Gasteiger partial charge >= 0.3 is 6.03 Å². The van der Waals surface area contributed by atoms with Gasteiger partial charge < -0.3 is 21.5 Å². The van der Waals surface area contributed by atoms with Crippen molar-refractivity contribution in [2.24, 2.45) is 11.7 Å². The largest absolute Gasteiger partial charge is 0.396 e. The molecule has 6 heteroatoms. The van der Waals surface area contributed by atoms with Crippen molar-refractivity contribution in [1.29, 1.82) is 0 Å². The fourth-order valence-corrected chi connectivity index (χ4v) is 1.83. The number of hydrogen-bond donors (Lipinski definition) is 4. The summed E-state index contributed by atoms with van der Waals surface area (Å²) in [5.74, 6) is -0.00127. The molecule has 0 aliphatic heterocycles. The van der Waals surface area contributed by atoms with E-state index in [-0.39, 0.29) is 18.4 Å². The molecule has 0 fully saturated rings. The van der Waals surface area contributed by atoms with E-state index in [0.29, 0.717) is 19.3 Å². The Hall–Kier alpha value is -1.30. The van der Waals surface area contributed by atoms with Crippen LogP contribution in [0.15, 0.2) is 0 Å². The van der Waals surface area contributed by atoms with Gasteiger partial charge in [0.1, 0.15) is 6.04 Å². The van der Waals surface area contributed by atoms with Crippen LogP contribution in [0.3, 0.4) is 0 Å². The molecule has 0 radical (unpaired) electrons. The normalized spacial score (nSPS) is 15.7. The Kier molecular flexibility index (Phi) is 7.44. The summed E-state index contributed by atoms with van der Waals surface area (Å²) < 4.78 is 0. The minimum Gasteiger partial charge on any atom is -0.396 e. The van der Waals surface area contributed by atoms with E-state index in [4.69, 9.17) is 10.8 Å². The quantitative estimate of drug-likeness (QED) is 0.524. The van der Waals surface area contributed by atoms with E-state index in [9.17, 15) is 9.59 Å². The highest BCUT2D eigenvalue weighted by molar-refractivity contribution is 5.86. The molecule has 0 saturated carbocycles. The maximum atomic E-state index is 12.2. The Morgan fingerprint density at radius 1 is 1.37 bits per heavy atom. The Balaban J connectivity index is 4.73. The van der Waals surface area contributed by atoms with E-state index in [1.807, 2.05) is 27.7 Å². The van der Waals surface area contributed by atoms with Gasteiger partial charge in [0.2, 0.25) is 5.91 Å². The molecule has 0 heterocycles. The second-order valence-corrected chi connectivity index (χ2v) is 5.57. The van der Waals surface area contributed by atoms with Crippen LogP contribution in [0.2, 0.25) is 0 Å². The zero-order valence-electron chi connectivity index (χ0n) is 12.3. The molecule has 2 atom stereocenters. The van der Waals surface area contributed by atoms with Crippen LogP contribution in [0.25, 0.3) is 0 Å². The molecule has 0 aliphatic rings. The van der Waals surface area contributed by atoms with Crippen LogP contribution in [-0.4, -0.2) is 35.2 Å². The van der Waals surface area contributed by atoms with Gasteiger partial charge in [-0.1, -0.05) is 20.8 Å². The summed E-state index contributed by atoms with van der Waals surface area (Å²) in [6.45, 7) is 7.75. The summed E-state index contributed by atoms with van der Waals surface area (Å²) in [5.41, 5.74) is 4.62. The molecular weight excluding hydrogens is 246 g/mol. The highest BCUT2D eigenvalue weighted by Gasteiger charge is 2.28. The number of urea groups is 1. The van der Waals surface area contributed by atoms with E-state index < -0.39 is 17.6 Å². The Labute approximate surface area is 115 Å². The molecule has 0 aromatic rings. The molecule has 5 N–H and O–H groups in total. The fraction of sp³-hybridized carbons (Fsp3) is 0.846. The SMILES string of the molecule is CCC(C)(CCO)NC(=O)C(CC(C)C)NC(N)=O. The lowest BCUT2D eigenvalue weighted by atomic mass is 9.93. The first-order valence-electron chi connectivity index (χ1n) is 6.73. The summed E-state index contributed by atoms with van der Waals surface area (Å²) in [6, 6.07) is -1.34. The molecule has 2 unspecified atom stereocenters. The monoisotopic (exact) mass is 273 g/mol. The molecule has 3 amide bonds. The average Bonchev–Trinajstić information content (AvgIpc) is 2.27. The summed E-state index contributed by atoms with van der Waals surface area (Å²) in [4.78, 5) is 23.1. The lowest BCUT2D eigenvalue weighted by Gasteiger charge is -2.31. The molecule has 0 aromatic carbocycles. The van der Waals surface area contributed by atoms with Crippen molar-refractivity contribution in [2.45, 2.75) is 58.5 Å². The predicted octanol–water partition coefficient (Wildman–Crippen LogP) is 0.737. The summed E-state index contributed by atoms with van der Waals surface area (Å²) in [6.07, 6.45) is 1.69. The van der Waals surface area contributed by atoms with E-state index in [1.54, 1.807) is 0 Å². The molecule has 0 spiro atoms. The minimum atomic E-state index is -0.707. The third-order valence-corrected chi connectivity index (χ3v) is 3.21. The second-order valence-electron chi connectivity index (χ2n) is 5.57. The first-order chi connectivity index (χ1) is 8.74. The number of hydrogen-bond acceptors (Lipinski definition) is 3. The van der Waals surface area contributed by atoms with Crippen molar-refractivity contribution < 1.29 is 14.7 Å². The lowest BCUT2D eigenvalue weighted by Crippen LogP contribution is -2.55. The van der Waals surface area contributed by atoms with E-state index in [0.717, 1.165) is 0 Å². The van der Waals surface area contributed by atoms with E-state index in [2.05, 4.69) is 10.6 Å². The van der Waals surface area contributed by atoms with Gasteiger partial charge in [-0.05, 0) is 32.1 Å². The third kappa shape index (κ3) is 7.00. The van der Waals surface area contributed by atoms with Crippen LogP contribution in [0, 0.1) is 5.92 Å². The number of amides is 3. The van der Waals surface area contributed by atoms with Gasteiger partial charge in [-0.25, -0.2) is 4.79 Å². The van der Waals surface area contributed by atoms with E-state index in [1.165, 1.54) is 0 Å². The molecule has 0 aromatic heterocycles. The number of primary amides is 1. The summed E-state index contributed by atoms with van der Waals surface area (Å²) in [7, 11) is 0. The zero-order chi connectivity index (χ0) is 15.1. The maximum absolute atomic E-state index is 12.2. The van der Waals surface area contributed by atoms with Crippen molar-refractivity contribution in [3.8, 4) is 0 Å². The Morgan fingerprint density at radius 3 is 2.32 bits per heavy atom. The maximum Gasteiger partial charge on any atom is 0.312 e. The first-order valence-corrected chi connectivity index (χ1v) is 6.73. The molecule has 6 nitrogen and oxygen atoms in total. The number of nitrogens with two attached hydrogens (primary N) is 1. The zero-order valence-corrected chi connectivity index (χ0v) is 12.3.